The van der Waals surface area contributed by atoms with Crippen molar-refractivity contribution in [1.82, 2.24) is 20.0 Å². The molecule has 0 radical (unpaired) electrons. The number of halogens is 2. The van der Waals surface area contributed by atoms with Gasteiger partial charge >= 0.3 is 0 Å². The Bertz CT molecular complexity index is 1090. The number of aliphatic imine (C=N–C) groups is 1. The lowest BCUT2D eigenvalue weighted by atomic mass is 10.1. The van der Waals surface area contributed by atoms with E-state index in [9.17, 15) is 9.65 Å². The molecular weight excluding hydrogens is 520 g/mol. The third-order valence-corrected chi connectivity index (χ3v) is 4.86. The molecule has 0 saturated heterocycles. The maximum Gasteiger partial charge on any atom is 0.193 e. The summed E-state index contributed by atoms with van der Waals surface area (Å²) in [7, 11) is 3.61. The monoisotopic (exact) mass is 547 g/mol. The van der Waals surface area contributed by atoms with Crippen molar-refractivity contribution in [2.75, 3.05) is 26.4 Å². The Labute approximate surface area is 204 Å². The molecule has 0 amide bonds. The molecule has 3 N–H and O–H groups in total. The molecule has 0 unspecified atom stereocenters. The van der Waals surface area contributed by atoms with Crippen molar-refractivity contribution in [2.24, 2.45) is 4.99 Å². The first kappa shape index (κ1) is 25.1. The van der Waals surface area contributed by atoms with Crippen LogP contribution in [0.4, 0.5) is 10.2 Å². The van der Waals surface area contributed by atoms with Gasteiger partial charge in [0, 0.05) is 27.2 Å². The minimum absolute atomic E-state index is 0. The van der Waals surface area contributed by atoms with Crippen LogP contribution in [-0.2, 0) is 13.0 Å². The summed E-state index contributed by atoms with van der Waals surface area (Å²) in [4.78, 5) is 6.22. The van der Waals surface area contributed by atoms with Gasteiger partial charge in [-0.1, -0.05) is 30.3 Å². The maximum absolute atomic E-state index is 13.4. The number of nitrogens with two attached hydrogens (primary N) is 1. The molecule has 0 bridgehead atoms. The molecule has 3 aromatic rings. The summed E-state index contributed by atoms with van der Waals surface area (Å²) in [5.74, 6) is 0.803. The summed E-state index contributed by atoms with van der Waals surface area (Å²) < 4.78 is 15.0. The maximum atomic E-state index is 13.4. The van der Waals surface area contributed by atoms with Gasteiger partial charge in [0.25, 0.3) is 0 Å². The van der Waals surface area contributed by atoms with E-state index in [1.165, 1.54) is 12.1 Å². The van der Waals surface area contributed by atoms with Gasteiger partial charge in [-0.05, 0) is 42.7 Å². The zero-order chi connectivity index (χ0) is 22.2. The van der Waals surface area contributed by atoms with Crippen molar-refractivity contribution in [2.45, 2.75) is 19.4 Å². The Morgan fingerprint density at radius 3 is 2.66 bits per heavy atom. The number of aromatic nitrogens is 2. The molecule has 7 nitrogen and oxygen atoms in total. The zero-order valence-electron chi connectivity index (χ0n) is 18.1. The van der Waals surface area contributed by atoms with Gasteiger partial charge in [0.2, 0.25) is 0 Å². The molecule has 1 aromatic heterocycles. The van der Waals surface area contributed by atoms with Crippen molar-refractivity contribution in [3.63, 3.8) is 0 Å². The van der Waals surface area contributed by atoms with Crippen LogP contribution in [0.2, 0.25) is 0 Å². The van der Waals surface area contributed by atoms with Crippen LogP contribution in [0.1, 0.15) is 23.2 Å². The van der Waals surface area contributed by atoms with Crippen LogP contribution in [0, 0.1) is 17.1 Å². The predicted octanol–water partition coefficient (Wildman–Crippen LogP) is 3.72. The summed E-state index contributed by atoms with van der Waals surface area (Å²) in [5.41, 5.74) is 8.93. The number of nitrogens with one attached hydrogen (secondary N) is 1. The van der Waals surface area contributed by atoms with E-state index in [-0.39, 0.29) is 29.8 Å². The third kappa shape index (κ3) is 6.20. The number of nitrogens with zero attached hydrogens (tertiary/aromatic N) is 5. The van der Waals surface area contributed by atoms with Crippen molar-refractivity contribution >= 4 is 35.8 Å². The van der Waals surface area contributed by atoms with Crippen LogP contribution < -0.4 is 11.1 Å². The van der Waals surface area contributed by atoms with E-state index < -0.39 is 0 Å². The van der Waals surface area contributed by atoms with E-state index in [1.807, 2.05) is 48.3 Å². The fourth-order valence-electron chi connectivity index (χ4n) is 3.37. The highest BCUT2D eigenvalue weighted by molar-refractivity contribution is 14.0. The fraction of sp³-hybridized carbons (Fsp3) is 0.261. The van der Waals surface area contributed by atoms with Gasteiger partial charge in [0.05, 0.1) is 11.4 Å². The number of guanidine groups is 1. The van der Waals surface area contributed by atoms with Crippen molar-refractivity contribution < 1.29 is 4.39 Å². The lowest BCUT2D eigenvalue weighted by Crippen LogP contribution is -2.39. The van der Waals surface area contributed by atoms with E-state index in [0.29, 0.717) is 42.5 Å². The molecule has 1 heterocycles. The van der Waals surface area contributed by atoms with Crippen molar-refractivity contribution in [1.29, 1.82) is 5.26 Å². The van der Waals surface area contributed by atoms with Crippen LogP contribution in [0.25, 0.3) is 5.69 Å². The van der Waals surface area contributed by atoms with E-state index in [4.69, 9.17) is 5.73 Å². The Morgan fingerprint density at radius 1 is 1.25 bits per heavy atom. The Kier molecular flexibility index (Phi) is 9.46. The molecule has 168 valence electrons. The van der Waals surface area contributed by atoms with Gasteiger partial charge in [0.1, 0.15) is 23.3 Å². The highest BCUT2D eigenvalue weighted by Crippen LogP contribution is 2.21. The molecule has 32 heavy (non-hydrogen) atoms. The summed E-state index contributed by atoms with van der Waals surface area (Å²) in [6, 6.07) is 18.2. The third-order valence-electron chi connectivity index (χ3n) is 4.86. The van der Waals surface area contributed by atoms with E-state index in [2.05, 4.69) is 21.5 Å². The molecule has 0 aliphatic carbocycles. The molecule has 0 atom stereocenters. The Morgan fingerprint density at radius 2 is 2.00 bits per heavy atom. The number of nitriles is 1. The first-order valence-electron chi connectivity index (χ1n) is 10.0. The number of rotatable bonds is 7. The summed E-state index contributed by atoms with van der Waals surface area (Å²) >= 11 is 0. The number of aryl methyl sites for hydroxylation is 1. The van der Waals surface area contributed by atoms with Crippen molar-refractivity contribution in [3.8, 4) is 11.8 Å². The van der Waals surface area contributed by atoms with E-state index >= 15 is 0 Å². The number of nitrogen functional groups attached to an aromatic ring is 1. The molecule has 0 fully saturated rings. The predicted molar refractivity (Wildman–Crippen MR) is 136 cm³/mol. The van der Waals surface area contributed by atoms with Crippen LogP contribution in [0.3, 0.4) is 0 Å². The standard InChI is InChI=1S/C23H26FN7.HI/c1-27-23(30(2)16-17-8-6-9-18(24)14-17)28-13-7-12-21-20(15-25)22(26)31(29-21)19-10-4-3-5-11-19;/h3-6,8-11,14H,7,12-13,16,26H2,1-2H3,(H,27,28);1H. The molecule has 2 aromatic carbocycles. The molecule has 3 rings (SSSR count). The summed E-state index contributed by atoms with van der Waals surface area (Å²) in [6.45, 7) is 1.18. The summed E-state index contributed by atoms with van der Waals surface area (Å²) in [5, 5.41) is 17.4. The quantitative estimate of drug-likeness (QED) is 0.204. The zero-order valence-corrected chi connectivity index (χ0v) is 20.5. The van der Waals surface area contributed by atoms with Gasteiger partial charge in [-0.3, -0.25) is 4.99 Å². The highest BCUT2D eigenvalue weighted by Gasteiger charge is 2.16. The number of anilines is 1. The number of para-hydroxylation sites is 1. The van der Waals surface area contributed by atoms with Gasteiger partial charge in [-0.2, -0.15) is 10.4 Å². The first-order chi connectivity index (χ1) is 15.0. The SMILES string of the molecule is CN=C(NCCCc1nn(-c2ccccc2)c(N)c1C#N)N(C)Cc1cccc(F)c1.I. The van der Waals surface area contributed by atoms with E-state index in [1.54, 1.807) is 17.8 Å². The number of hydrogen-bond donors (Lipinski definition) is 2. The van der Waals surface area contributed by atoms with Crippen LogP contribution in [0.5, 0.6) is 0 Å². The van der Waals surface area contributed by atoms with Gasteiger partial charge < -0.3 is 16.0 Å². The molecule has 0 aliphatic rings. The minimum Gasteiger partial charge on any atom is -0.382 e. The Balaban J connectivity index is 0.00000363. The van der Waals surface area contributed by atoms with Gasteiger partial charge in [-0.15, -0.1) is 24.0 Å². The van der Waals surface area contributed by atoms with Gasteiger partial charge in [-0.25, -0.2) is 9.07 Å². The fourth-order valence-corrected chi connectivity index (χ4v) is 3.37. The topological polar surface area (TPSA) is 95.3 Å². The van der Waals surface area contributed by atoms with Crippen LogP contribution >= 0.6 is 24.0 Å². The summed E-state index contributed by atoms with van der Waals surface area (Å²) in [6.07, 6.45) is 1.34. The number of benzene rings is 2. The normalized spacial score (nSPS) is 10.9. The van der Waals surface area contributed by atoms with Gasteiger partial charge in [0.15, 0.2) is 5.96 Å². The molecule has 9 heteroatoms. The van der Waals surface area contributed by atoms with Crippen LogP contribution in [-0.4, -0.2) is 41.3 Å². The minimum atomic E-state index is -0.253. The first-order valence-corrected chi connectivity index (χ1v) is 10.0. The Hall–Kier alpha value is -3.13. The second-order valence-corrected chi connectivity index (χ2v) is 7.13. The van der Waals surface area contributed by atoms with Crippen LogP contribution in [0.15, 0.2) is 59.6 Å². The van der Waals surface area contributed by atoms with Crippen molar-refractivity contribution in [3.05, 3.63) is 77.2 Å². The average molecular weight is 547 g/mol. The molecule has 0 aliphatic heterocycles. The number of hydrogen-bond acceptors (Lipinski definition) is 4. The molecule has 0 saturated carbocycles. The second kappa shape index (κ2) is 12.0. The molecule has 0 spiro atoms. The second-order valence-electron chi connectivity index (χ2n) is 7.13. The smallest absolute Gasteiger partial charge is 0.193 e. The largest absolute Gasteiger partial charge is 0.382 e. The lowest BCUT2D eigenvalue weighted by molar-refractivity contribution is 0.473. The average Bonchev–Trinajstić information content (AvgIpc) is 3.09. The molecular formula is C23H27FIN7. The van der Waals surface area contributed by atoms with E-state index in [0.717, 1.165) is 17.7 Å². The highest BCUT2D eigenvalue weighted by atomic mass is 127. The lowest BCUT2D eigenvalue weighted by Gasteiger charge is -2.22.